The van der Waals surface area contributed by atoms with Crippen molar-refractivity contribution < 1.29 is 14.0 Å². The number of benzene rings is 2. The fourth-order valence-corrected chi connectivity index (χ4v) is 3.14. The third kappa shape index (κ3) is 5.70. The van der Waals surface area contributed by atoms with E-state index in [9.17, 15) is 9.59 Å². The maximum Gasteiger partial charge on any atom is 0.254 e. The minimum Gasteiger partial charge on any atom is -0.467 e. The molecule has 1 heterocycles. The quantitative estimate of drug-likeness (QED) is 0.497. The van der Waals surface area contributed by atoms with Crippen LogP contribution in [0.2, 0.25) is 0 Å². The average molecular weight is 402 g/mol. The highest BCUT2D eigenvalue weighted by Gasteiger charge is 2.22. The Kier molecular flexibility index (Phi) is 7.22. The molecule has 1 aromatic heterocycles. The number of hydrogen-bond donors (Lipinski definition) is 0. The number of carbonyl (C=O) groups excluding carboxylic acids is 2. The standard InChI is InChI=1S/C25H26N2O3/c1-3-15-26(25(29)22-13-11-20(2)12-14-22)19-24(28)27(18-23-10-7-16-30-23)17-21-8-5-4-6-9-21/h3-14,16H,1,15,17-19H2,2H3. The molecule has 0 fully saturated rings. The van der Waals surface area contributed by atoms with Gasteiger partial charge < -0.3 is 14.2 Å². The van der Waals surface area contributed by atoms with Gasteiger partial charge in [-0.25, -0.2) is 0 Å². The summed E-state index contributed by atoms with van der Waals surface area (Å²) in [6.45, 7) is 6.73. The average Bonchev–Trinajstić information content (AvgIpc) is 3.27. The van der Waals surface area contributed by atoms with Gasteiger partial charge in [0, 0.05) is 18.7 Å². The van der Waals surface area contributed by atoms with Gasteiger partial charge in [-0.2, -0.15) is 0 Å². The van der Waals surface area contributed by atoms with E-state index < -0.39 is 0 Å². The van der Waals surface area contributed by atoms with Crippen LogP contribution >= 0.6 is 0 Å². The number of amides is 2. The Morgan fingerprint density at radius 3 is 2.30 bits per heavy atom. The minimum absolute atomic E-state index is 0.0354. The van der Waals surface area contributed by atoms with Gasteiger partial charge in [-0.15, -0.1) is 6.58 Å². The van der Waals surface area contributed by atoms with Crippen molar-refractivity contribution in [2.45, 2.75) is 20.0 Å². The normalized spacial score (nSPS) is 10.4. The summed E-state index contributed by atoms with van der Waals surface area (Å²) in [6, 6.07) is 20.7. The second-order valence-electron chi connectivity index (χ2n) is 7.16. The predicted molar refractivity (Wildman–Crippen MR) is 117 cm³/mol. The Labute approximate surface area is 177 Å². The first-order chi connectivity index (χ1) is 14.6. The molecule has 0 bridgehead atoms. The highest BCUT2D eigenvalue weighted by molar-refractivity contribution is 5.96. The van der Waals surface area contributed by atoms with Crippen LogP contribution in [-0.2, 0) is 17.9 Å². The molecule has 30 heavy (non-hydrogen) atoms. The molecule has 5 heteroatoms. The Bertz CT molecular complexity index is 963. The molecule has 2 aromatic carbocycles. The van der Waals surface area contributed by atoms with Gasteiger partial charge in [0.15, 0.2) is 0 Å². The van der Waals surface area contributed by atoms with Crippen LogP contribution in [0.4, 0.5) is 0 Å². The maximum absolute atomic E-state index is 13.2. The van der Waals surface area contributed by atoms with E-state index in [0.717, 1.165) is 11.1 Å². The fraction of sp³-hybridized carbons (Fsp3) is 0.200. The number of carbonyl (C=O) groups is 2. The van der Waals surface area contributed by atoms with Gasteiger partial charge in [0.2, 0.25) is 5.91 Å². The van der Waals surface area contributed by atoms with Crippen LogP contribution in [0.5, 0.6) is 0 Å². The number of aryl methyl sites for hydroxylation is 1. The monoisotopic (exact) mass is 402 g/mol. The molecule has 0 radical (unpaired) electrons. The molecule has 0 N–H and O–H groups in total. The van der Waals surface area contributed by atoms with Crippen molar-refractivity contribution >= 4 is 11.8 Å². The summed E-state index contributed by atoms with van der Waals surface area (Å²) in [4.78, 5) is 29.4. The molecule has 0 aliphatic carbocycles. The van der Waals surface area contributed by atoms with Gasteiger partial charge in [-0.3, -0.25) is 9.59 Å². The predicted octanol–water partition coefficient (Wildman–Crippen LogP) is 4.45. The molecule has 0 saturated heterocycles. The van der Waals surface area contributed by atoms with Crippen molar-refractivity contribution in [2.24, 2.45) is 0 Å². The zero-order valence-electron chi connectivity index (χ0n) is 17.2. The summed E-state index contributed by atoms with van der Waals surface area (Å²) in [5, 5.41) is 0. The lowest BCUT2D eigenvalue weighted by atomic mass is 10.1. The van der Waals surface area contributed by atoms with E-state index in [2.05, 4.69) is 6.58 Å². The van der Waals surface area contributed by atoms with Gasteiger partial charge in [0.1, 0.15) is 12.3 Å². The first kappa shape index (κ1) is 21.1. The van der Waals surface area contributed by atoms with Crippen molar-refractivity contribution in [1.29, 1.82) is 0 Å². The highest BCUT2D eigenvalue weighted by atomic mass is 16.3. The van der Waals surface area contributed by atoms with Gasteiger partial charge in [0.25, 0.3) is 5.91 Å². The van der Waals surface area contributed by atoms with E-state index in [-0.39, 0.29) is 18.4 Å². The molecule has 3 rings (SSSR count). The molecule has 0 unspecified atom stereocenters. The summed E-state index contributed by atoms with van der Waals surface area (Å²) in [7, 11) is 0. The number of nitrogens with zero attached hydrogens (tertiary/aromatic N) is 2. The lowest BCUT2D eigenvalue weighted by Crippen LogP contribution is -2.42. The van der Waals surface area contributed by atoms with Crippen molar-refractivity contribution in [3.63, 3.8) is 0 Å². The summed E-state index contributed by atoms with van der Waals surface area (Å²) in [5.41, 5.74) is 2.64. The SMILES string of the molecule is C=CCN(CC(=O)N(Cc1ccccc1)Cc1ccco1)C(=O)c1ccc(C)cc1. The van der Waals surface area contributed by atoms with Crippen LogP contribution in [0.1, 0.15) is 27.2 Å². The number of hydrogen-bond acceptors (Lipinski definition) is 3. The smallest absolute Gasteiger partial charge is 0.254 e. The third-order valence-electron chi connectivity index (χ3n) is 4.76. The van der Waals surface area contributed by atoms with E-state index in [1.54, 1.807) is 35.4 Å². The maximum atomic E-state index is 13.2. The van der Waals surface area contributed by atoms with E-state index in [1.165, 1.54) is 4.90 Å². The van der Waals surface area contributed by atoms with Crippen LogP contribution < -0.4 is 0 Å². The van der Waals surface area contributed by atoms with E-state index in [1.807, 2.05) is 55.5 Å². The summed E-state index contributed by atoms with van der Waals surface area (Å²) in [5.74, 6) is 0.345. The molecule has 0 aliphatic rings. The van der Waals surface area contributed by atoms with Crippen LogP contribution in [0.25, 0.3) is 0 Å². The van der Waals surface area contributed by atoms with Gasteiger partial charge in [0.05, 0.1) is 12.8 Å². The van der Waals surface area contributed by atoms with Gasteiger partial charge in [-0.1, -0.05) is 54.1 Å². The Morgan fingerprint density at radius 1 is 0.933 bits per heavy atom. The molecule has 0 atom stereocenters. The zero-order valence-corrected chi connectivity index (χ0v) is 17.2. The van der Waals surface area contributed by atoms with Gasteiger partial charge >= 0.3 is 0 Å². The van der Waals surface area contributed by atoms with Crippen LogP contribution in [0.15, 0.2) is 90.1 Å². The van der Waals surface area contributed by atoms with Crippen LogP contribution in [-0.4, -0.2) is 34.7 Å². The Hall–Kier alpha value is -3.60. The Balaban J connectivity index is 1.77. The van der Waals surface area contributed by atoms with Crippen molar-refractivity contribution in [1.82, 2.24) is 9.80 Å². The molecular formula is C25H26N2O3. The topological polar surface area (TPSA) is 53.8 Å². The molecule has 5 nitrogen and oxygen atoms in total. The third-order valence-corrected chi connectivity index (χ3v) is 4.76. The zero-order chi connectivity index (χ0) is 21.3. The second kappa shape index (κ2) is 10.3. The van der Waals surface area contributed by atoms with Crippen molar-refractivity contribution in [2.75, 3.05) is 13.1 Å². The van der Waals surface area contributed by atoms with E-state index in [4.69, 9.17) is 4.42 Å². The minimum atomic E-state index is -0.194. The van der Waals surface area contributed by atoms with Crippen LogP contribution in [0, 0.1) is 6.92 Å². The molecular weight excluding hydrogens is 376 g/mol. The van der Waals surface area contributed by atoms with E-state index in [0.29, 0.717) is 31.0 Å². The van der Waals surface area contributed by atoms with Crippen LogP contribution in [0.3, 0.4) is 0 Å². The van der Waals surface area contributed by atoms with Crippen molar-refractivity contribution in [3.8, 4) is 0 Å². The molecule has 2 amide bonds. The summed E-state index contributed by atoms with van der Waals surface area (Å²) < 4.78 is 5.44. The van der Waals surface area contributed by atoms with E-state index >= 15 is 0 Å². The first-order valence-corrected chi connectivity index (χ1v) is 9.87. The molecule has 0 spiro atoms. The largest absolute Gasteiger partial charge is 0.467 e. The molecule has 0 saturated carbocycles. The summed E-state index contributed by atoms with van der Waals surface area (Å²) in [6.07, 6.45) is 3.22. The molecule has 0 aliphatic heterocycles. The number of furan rings is 1. The summed E-state index contributed by atoms with van der Waals surface area (Å²) >= 11 is 0. The fourth-order valence-electron chi connectivity index (χ4n) is 3.14. The lowest BCUT2D eigenvalue weighted by Gasteiger charge is -2.27. The second-order valence-corrected chi connectivity index (χ2v) is 7.16. The highest BCUT2D eigenvalue weighted by Crippen LogP contribution is 2.13. The number of rotatable bonds is 9. The lowest BCUT2D eigenvalue weighted by molar-refractivity contribution is -0.133. The van der Waals surface area contributed by atoms with Crippen molar-refractivity contribution in [3.05, 3.63) is 108 Å². The first-order valence-electron chi connectivity index (χ1n) is 9.87. The van der Waals surface area contributed by atoms with Gasteiger partial charge in [-0.05, 0) is 36.8 Å². The Morgan fingerprint density at radius 2 is 1.67 bits per heavy atom. The molecule has 154 valence electrons. The molecule has 3 aromatic rings.